The smallest absolute Gasteiger partial charge is 0.0721 e. The van der Waals surface area contributed by atoms with Crippen LogP contribution in [0.25, 0.3) is 0 Å². The molecule has 3 nitrogen and oxygen atoms in total. The fraction of sp³-hybridized carbons (Fsp3) is 1.00. The predicted molar refractivity (Wildman–Crippen MR) is 74.3 cm³/mol. The summed E-state index contributed by atoms with van der Waals surface area (Å²) in [5, 5.41) is 3.65. The van der Waals surface area contributed by atoms with E-state index >= 15 is 0 Å². The first-order valence-corrected chi connectivity index (χ1v) is 8.05. The highest BCUT2D eigenvalue weighted by Crippen LogP contribution is 2.20. The van der Waals surface area contributed by atoms with E-state index < -0.39 is 0 Å². The van der Waals surface area contributed by atoms with E-state index in [1.165, 1.54) is 50.9 Å². The van der Waals surface area contributed by atoms with E-state index in [2.05, 4.69) is 16.5 Å². The highest BCUT2D eigenvalue weighted by atomic mass is 32.2. The largest absolute Gasteiger partial charge is 0.377 e. The fourth-order valence-corrected chi connectivity index (χ4v) is 3.42. The van der Waals surface area contributed by atoms with Crippen LogP contribution >= 0.6 is 11.9 Å². The van der Waals surface area contributed by atoms with Crippen LogP contribution < -0.4 is 5.32 Å². The van der Waals surface area contributed by atoms with Crippen molar-refractivity contribution in [3.8, 4) is 0 Å². The molecule has 2 aliphatic rings. The molecule has 0 saturated carbocycles. The molecule has 0 aromatic carbocycles. The van der Waals surface area contributed by atoms with Gasteiger partial charge >= 0.3 is 0 Å². The van der Waals surface area contributed by atoms with Crippen molar-refractivity contribution in [1.29, 1.82) is 0 Å². The lowest BCUT2D eigenvalue weighted by Crippen LogP contribution is -2.45. The van der Waals surface area contributed by atoms with Gasteiger partial charge in [-0.3, -0.25) is 4.31 Å². The summed E-state index contributed by atoms with van der Waals surface area (Å²) in [4.78, 5) is 0. The molecule has 1 N–H and O–H groups in total. The van der Waals surface area contributed by atoms with Gasteiger partial charge in [-0.1, -0.05) is 25.3 Å². The summed E-state index contributed by atoms with van der Waals surface area (Å²) in [6, 6.07) is 0.724. The third-order valence-electron chi connectivity index (χ3n) is 3.65. The van der Waals surface area contributed by atoms with Gasteiger partial charge in [-0.05, 0) is 25.7 Å². The molecule has 0 aromatic heterocycles. The molecule has 17 heavy (non-hydrogen) atoms. The summed E-state index contributed by atoms with van der Waals surface area (Å²) in [6.45, 7) is 6.79. The zero-order valence-electron chi connectivity index (χ0n) is 11.0. The lowest BCUT2D eigenvalue weighted by molar-refractivity contribution is -0.0500. The van der Waals surface area contributed by atoms with Crippen LogP contribution in [0, 0.1) is 0 Å². The quantitative estimate of drug-likeness (QED) is 0.559. The number of nitrogens with one attached hydrogen (secondary N) is 1. The van der Waals surface area contributed by atoms with Gasteiger partial charge in [-0.15, -0.1) is 0 Å². The van der Waals surface area contributed by atoms with E-state index in [0.717, 1.165) is 19.2 Å². The molecule has 1 atom stereocenters. The number of ether oxygens (including phenoxy) is 1. The first-order valence-electron chi connectivity index (χ1n) is 7.11. The predicted octanol–water partition coefficient (Wildman–Crippen LogP) is 2.28. The normalized spacial score (nSPS) is 27.0. The fourth-order valence-electron chi connectivity index (χ4n) is 2.27. The minimum atomic E-state index is 0.506. The van der Waals surface area contributed by atoms with Crippen LogP contribution in [0.1, 0.15) is 39.0 Å². The zero-order chi connectivity index (χ0) is 11.9. The Labute approximate surface area is 110 Å². The molecule has 0 spiro atoms. The molecule has 0 amide bonds. The topological polar surface area (TPSA) is 24.5 Å². The van der Waals surface area contributed by atoms with E-state index in [9.17, 15) is 0 Å². The summed E-state index contributed by atoms with van der Waals surface area (Å²) >= 11 is 2.04. The zero-order valence-corrected chi connectivity index (χ0v) is 11.8. The van der Waals surface area contributed by atoms with Crippen molar-refractivity contribution in [2.75, 3.05) is 32.0 Å². The maximum absolute atomic E-state index is 5.43. The van der Waals surface area contributed by atoms with Gasteiger partial charge in [0.25, 0.3) is 0 Å². The van der Waals surface area contributed by atoms with Crippen molar-refractivity contribution in [2.24, 2.45) is 0 Å². The van der Waals surface area contributed by atoms with Crippen molar-refractivity contribution < 1.29 is 4.74 Å². The maximum Gasteiger partial charge on any atom is 0.0721 e. The van der Waals surface area contributed by atoms with Gasteiger partial charge in [-0.2, -0.15) is 0 Å². The van der Waals surface area contributed by atoms with Gasteiger partial charge in [0.1, 0.15) is 0 Å². The van der Waals surface area contributed by atoms with E-state index in [1.807, 2.05) is 11.9 Å². The Morgan fingerprint density at radius 3 is 2.65 bits per heavy atom. The minimum Gasteiger partial charge on any atom is -0.377 e. The van der Waals surface area contributed by atoms with Crippen molar-refractivity contribution in [1.82, 2.24) is 9.62 Å². The highest BCUT2D eigenvalue weighted by molar-refractivity contribution is 7.97. The molecule has 0 bridgehead atoms. The lowest BCUT2D eigenvalue weighted by atomic mass is 10.1. The Bertz CT molecular complexity index is 204. The number of rotatable bonds is 7. The third-order valence-corrected chi connectivity index (χ3v) is 4.85. The standard InChI is InChI=1S/C13H26N2OS/c1-2-3-10-17-15-7-4-12(5-8-15)14-11-13-6-9-16-13/h12-14H,2-11H2,1H3. The minimum absolute atomic E-state index is 0.506. The van der Waals surface area contributed by atoms with Crippen LogP contribution in [-0.4, -0.2) is 48.4 Å². The first kappa shape index (κ1) is 13.7. The summed E-state index contributed by atoms with van der Waals surface area (Å²) in [7, 11) is 0. The second-order valence-electron chi connectivity index (χ2n) is 5.08. The van der Waals surface area contributed by atoms with Crippen LogP contribution in [0.2, 0.25) is 0 Å². The Morgan fingerprint density at radius 1 is 1.29 bits per heavy atom. The number of hydrogen-bond acceptors (Lipinski definition) is 4. The Balaban J connectivity index is 1.51. The van der Waals surface area contributed by atoms with Gasteiger partial charge in [0.15, 0.2) is 0 Å². The summed E-state index contributed by atoms with van der Waals surface area (Å²) < 4.78 is 7.98. The van der Waals surface area contributed by atoms with E-state index in [4.69, 9.17) is 4.74 Å². The summed E-state index contributed by atoms with van der Waals surface area (Å²) in [5.41, 5.74) is 0. The molecule has 2 rings (SSSR count). The molecule has 0 aliphatic carbocycles. The average Bonchev–Trinajstić information content (AvgIpc) is 2.29. The van der Waals surface area contributed by atoms with Crippen molar-refractivity contribution >= 4 is 11.9 Å². The molecule has 2 heterocycles. The summed E-state index contributed by atoms with van der Waals surface area (Å²) in [6.07, 6.45) is 7.01. The molecular weight excluding hydrogens is 232 g/mol. The van der Waals surface area contributed by atoms with Crippen molar-refractivity contribution in [3.05, 3.63) is 0 Å². The lowest BCUT2D eigenvalue weighted by Gasteiger charge is -2.34. The van der Waals surface area contributed by atoms with Gasteiger partial charge in [0, 0.05) is 38.0 Å². The SMILES string of the molecule is CCCCSN1CCC(NCC2CCO2)CC1. The Kier molecular flexibility index (Phi) is 6.12. The van der Waals surface area contributed by atoms with E-state index in [1.54, 1.807) is 0 Å². The van der Waals surface area contributed by atoms with Gasteiger partial charge in [-0.25, -0.2) is 0 Å². The third kappa shape index (κ3) is 4.78. The van der Waals surface area contributed by atoms with E-state index in [-0.39, 0.29) is 0 Å². The van der Waals surface area contributed by atoms with Gasteiger partial charge in [0.2, 0.25) is 0 Å². The monoisotopic (exact) mass is 258 g/mol. The van der Waals surface area contributed by atoms with Gasteiger partial charge < -0.3 is 10.1 Å². The van der Waals surface area contributed by atoms with Crippen molar-refractivity contribution in [2.45, 2.75) is 51.2 Å². The molecule has 0 aromatic rings. The van der Waals surface area contributed by atoms with Crippen LogP contribution in [0.4, 0.5) is 0 Å². The van der Waals surface area contributed by atoms with Crippen LogP contribution in [-0.2, 0) is 4.74 Å². The average molecular weight is 258 g/mol. The molecule has 2 aliphatic heterocycles. The molecule has 4 heteroatoms. The van der Waals surface area contributed by atoms with Crippen LogP contribution in [0.15, 0.2) is 0 Å². The second-order valence-corrected chi connectivity index (χ2v) is 6.26. The molecule has 0 radical (unpaired) electrons. The highest BCUT2D eigenvalue weighted by Gasteiger charge is 2.22. The molecule has 1 unspecified atom stereocenters. The maximum atomic E-state index is 5.43. The number of nitrogens with zero attached hydrogens (tertiary/aromatic N) is 1. The molecular formula is C13H26N2OS. The number of piperidine rings is 1. The second kappa shape index (κ2) is 7.62. The Morgan fingerprint density at radius 2 is 2.06 bits per heavy atom. The van der Waals surface area contributed by atoms with Gasteiger partial charge in [0.05, 0.1) is 6.10 Å². The molecule has 2 fully saturated rings. The molecule has 100 valence electrons. The van der Waals surface area contributed by atoms with E-state index in [0.29, 0.717) is 6.10 Å². The number of hydrogen-bond donors (Lipinski definition) is 1. The number of unbranched alkanes of at least 4 members (excludes halogenated alkanes) is 1. The Hall–Kier alpha value is 0.230. The molecule has 2 saturated heterocycles. The first-order chi connectivity index (χ1) is 8.38. The van der Waals surface area contributed by atoms with Crippen LogP contribution in [0.3, 0.4) is 0 Å². The van der Waals surface area contributed by atoms with Crippen LogP contribution in [0.5, 0.6) is 0 Å². The van der Waals surface area contributed by atoms with Crippen molar-refractivity contribution in [3.63, 3.8) is 0 Å². The summed E-state index contributed by atoms with van der Waals surface area (Å²) in [5.74, 6) is 1.30.